The van der Waals surface area contributed by atoms with E-state index >= 15 is 0 Å². The Morgan fingerprint density at radius 2 is 2.40 bits per heavy atom. The Kier molecular flexibility index (Phi) is 1.16. The minimum atomic E-state index is 1.06. The Bertz CT molecular complexity index is 343. The van der Waals surface area contributed by atoms with Gasteiger partial charge in [-0.25, -0.2) is 0 Å². The van der Waals surface area contributed by atoms with Crippen LogP contribution in [-0.2, 0) is 0 Å². The normalized spacial score (nSPS) is 16.3. The fraction of sp³-hybridized carbons (Fsp3) is 0.333. The van der Waals surface area contributed by atoms with Gasteiger partial charge in [-0.05, 0) is 31.9 Å². The van der Waals surface area contributed by atoms with Crippen molar-refractivity contribution in [3.63, 3.8) is 0 Å². The molecule has 1 nitrogen and oxygen atoms in total. The molecule has 1 aliphatic rings. The molecule has 0 unspecified atom stereocenters. The molecule has 10 heavy (non-hydrogen) atoms. The number of hydrogen-bond donors (Lipinski definition) is 0. The first-order valence-electron chi connectivity index (χ1n) is 3.61. The summed E-state index contributed by atoms with van der Waals surface area (Å²) in [7, 11) is 0. The first kappa shape index (κ1) is 5.78. The Balaban J connectivity index is 2.91. The molecule has 1 aromatic heterocycles. The summed E-state index contributed by atoms with van der Waals surface area (Å²) in [5.41, 5.74) is 2.51. The quantitative estimate of drug-likeness (QED) is 0.516. The second kappa shape index (κ2) is 2.01. The molecular weight excluding hydrogens is 124 g/mol. The van der Waals surface area contributed by atoms with Crippen molar-refractivity contribution < 1.29 is 4.42 Å². The van der Waals surface area contributed by atoms with Gasteiger partial charge in [0.05, 0.1) is 6.26 Å². The molecule has 1 aromatic rings. The zero-order valence-electron chi connectivity index (χ0n) is 6.05. The maximum Gasteiger partial charge on any atom is 0.129 e. The topological polar surface area (TPSA) is 13.1 Å². The Labute approximate surface area is 59.7 Å². The highest BCUT2D eigenvalue weighted by Gasteiger charge is 1.99. The predicted octanol–water partition coefficient (Wildman–Crippen LogP) is 1.02. The van der Waals surface area contributed by atoms with E-state index in [2.05, 4.69) is 13.0 Å². The Morgan fingerprint density at radius 1 is 1.50 bits per heavy atom. The van der Waals surface area contributed by atoms with Gasteiger partial charge in [0.1, 0.15) is 5.42 Å². The fourth-order valence-corrected chi connectivity index (χ4v) is 1.39. The van der Waals surface area contributed by atoms with Crippen molar-refractivity contribution >= 4 is 11.6 Å². The summed E-state index contributed by atoms with van der Waals surface area (Å²) in [6.07, 6.45) is 6.23. The van der Waals surface area contributed by atoms with Crippen molar-refractivity contribution in [2.24, 2.45) is 0 Å². The molecule has 0 radical (unpaired) electrons. The van der Waals surface area contributed by atoms with Crippen LogP contribution < -0.4 is 10.6 Å². The van der Waals surface area contributed by atoms with Gasteiger partial charge in [-0.2, -0.15) is 0 Å². The number of hydrogen-bond acceptors (Lipinski definition) is 1. The molecule has 52 valence electrons. The second-order valence-corrected chi connectivity index (χ2v) is 2.72. The molecule has 0 spiro atoms. The van der Waals surface area contributed by atoms with Crippen molar-refractivity contribution in [2.75, 3.05) is 0 Å². The van der Waals surface area contributed by atoms with Crippen LogP contribution in [0.5, 0.6) is 0 Å². The highest BCUT2D eigenvalue weighted by Crippen LogP contribution is 2.05. The molecule has 0 atom stereocenters. The van der Waals surface area contributed by atoms with Crippen LogP contribution in [0.2, 0.25) is 0 Å². The van der Waals surface area contributed by atoms with E-state index in [-0.39, 0.29) is 0 Å². The summed E-state index contributed by atoms with van der Waals surface area (Å²) in [6.45, 7) is 2.17. The van der Waals surface area contributed by atoms with Crippen molar-refractivity contribution in [1.82, 2.24) is 0 Å². The standard InChI is InChI=1S/C9H10O/c1-7-3-2-4-9-8(7)5-6-10-9/h4-6H,2-3H2,1H3. The third-order valence-electron chi connectivity index (χ3n) is 2.00. The van der Waals surface area contributed by atoms with Crippen LogP contribution >= 0.6 is 0 Å². The smallest absolute Gasteiger partial charge is 0.129 e. The van der Waals surface area contributed by atoms with Gasteiger partial charge in [-0.1, -0.05) is 5.57 Å². The average Bonchev–Trinajstić information content (AvgIpc) is 2.36. The van der Waals surface area contributed by atoms with Crippen LogP contribution in [0, 0.1) is 0 Å². The van der Waals surface area contributed by atoms with Crippen molar-refractivity contribution in [2.45, 2.75) is 19.8 Å². The second-order valence-electron chi connectivity index (χ2n) is 2.72. The highest BCUT2D eigenvalue weighted by atomic mass is 16.3. The van der Waals surface area contributed by atoms with E-state index in [4.69, 9.17) is 4.42 Å². The summed E-state index contributed by atoms with van der Waals surface area (Å²) in [5.74, 6) is 0. The van der Waals surface area contributed by atoms with Gasteiger partial charge in [0.2, 0.25) is 0 Å². The van der Waals surface area contributed by atoms with Crippen molar-refractivity contribution in [3.05, 3.63) is 23.0 Å². The van der Waals surface area contributed by atoms with Crippen molar-refractivity contribution in [3.8, 4) is 0 Å². The highest BCUT2D eigenvalue weighted by molar-refractivity contribution is 5.46. The minimum Gasteiger partial charge on any atom is -0.465 e. The Morgan fingerprint density at radius 3 is 3.20 bits per heavy atom. The van der Waals surface area contributed by atoms with E-state index in [9.17, 15) is 0 Å². The van der Waals surface area contributed by atoms with Crippen LogP contribution in [0.15, 0.2) is 16.7 Å². The van der Waals surface area contributed by atoms with Crippen LogP contribution in [0.4, 0.5) is 0 Å². The molecule has 1 heterocycles. The molecule has 0 aromatic carbocycles. The van der Waals surface area contributed by atoms with Crippen molar-refractivity contribution in [1.29, 1.82) is 0 Å². The monoisotopic (exact) mass is 134 g/mol. The van der Waals surface area contributed by atoms with E-state index in [0.717, 1.165) is 11.8 Å². The zero-order valence-corrected chi connectivity index (χ0v) is 6.05. The largest absolute Gasteiger partial charge is 0.465 e. The number of furan rings is 1. The zero-order chi connectivity index (χ0) is 6.97. The van der Waals surface area contributed by atoms with Crippen LogP contribution in [0.3, 0.4) is 0 Å². The van der Waals surface area contributed by atoms with Gasteiger partial charge in [0.25, 0.3) is 0 Å². The van der Waals surface area contributed by atoms with Gasteiger partial charge in [0, 0.05) is 5.22 Å². The molecule has 0 amide bonds. The van der Waals surface area contributed by atoms with E-state index < -0.39 is 0 Å². The fourth-order valence-electron chi connectivity index (χ4n) is 1.39. The lowest BCUT2D eigenvalue weighted by Crippen LogP contribution is -2.24. The molecule has 0 aliphatic heterocycles. The van der Waals surface area contributed by atoms with Gasteiger partial charge in [-0.15, -0.1) is 0 Å². The molecule has 1 heteroatoms. The van der Waals surface area contributed by atoms with E-state index in [0.29, 0.717) is 0 Å². The minimum absolute atomic E-state index is 1.06. The number of rotatable bonds is 0. The molecule has 2 rings (SSSR count). The lowest BCUT2D eigenvalue weighted by atomic mass is 10.1. The van der Waals surface area contributed by atoms with Gasteiger partial charge < -0.3 is 4.42 Å². The van der Waals surface area contributed by atoms with Crippen LogP contribution in [-0.4, -0.2) is 0 Å². The van der Waals surface area contributed by atoms with E-state index in [1.54, 1.807) is 6.26 Å². The molecular formula is C9H10O. The van der Waals surface area contributed by atoms with Gasteiger partial charge in [0.15, 0.2) is 0 Å². The van der Waals surface area contributed by atoms with Gasteiger partial charge in [-0.3, -0.25) is 0 Å². The first-order valence-corrected chi connectivity index (χ1v) is 3.61. The molecule has 0 N–H and O–H groups in total. The van der Waals surface area contributed by atoms with Crippen LogP contribution in [0.1, 0.15) is 19.8 Å². The summed E-state index contributed by atoms with van der Waals surface area (Å²) >= 11 is 0. The molecule has 0 bridgehead atoms. The third kappa shape index (κ3) is 0.703. The van der Waals surface area contributed by atoms with Gasteiger partial charge >= 0.3 is 0 Å². The molecule has 0 saturated heterocycles. The Hall–Kier alpha value is -0.980. The first-order chi connectivity index (χ1) is 4.88. The third-order valence-corrected chi connectivity index (χ3v) is 2.00. The lowest BCUT2D eigenvalue weighted by Gasteiger charge is -1.99. The molecule has 0 saturated carbocycles. The molecule has 1 aliphatic carbocycles. The molecule has 0 fully saturated rings. The summed E-state index contributed by atoms with van der Waals surface area (Å²) in [6, 6.07) is 2.04. The maximum atomic E-state index is 5.25. The predicted molar refractivity (Wildman–Crippen MR) is 40.7 cm³/mol. The van der Waals surface area contributed by atoms with E-state index in [1.165, 1.54) is 17.2 Å². The SMILES string of the molecule is CC1=c2ccoc2=CCC1. The van der Waals surface area contributed by atoms with E-state index in [1.807, 2.05) is 6.07 Å². The summed E-state index contributed by atoms with van der Waals surface area (Å²) in [5, 5.41) is 1.30. The number of fused-ring (bicyclic) bond motifs is 1. The summed E-state index contributed by atoms with van der Waals surface area (Å²) in [4.78, 5) is 0. The lowest BCUT2D eigenvalue weighted by molar-refractivity contribution is 0.527. The summed E-state index contributed by atoms with van der Waals surface area (Å²) < 4.78 is 5.25. The maximum absolute atomic E-state index is 5.25. The average molecular weight is 134 g/mol. The van der Waals surface area contributed by atoms with Crippen LogP contribution in [0.25, 0.3) is 11.6 Å².